The molecule has 1 aromatic carbocycles. The monoisotopic (exact) mass is 445 g/mol. The summed E-state index contributed by atoms with van der Waals surface area (Å²) in [5.41, 5.74) is 1.22. The number of aryl methyl sites for hydroxylation is 1. The first-order valence-electron chi connectivity index (χ1n) is 11.3. The van der Waals surface area contributed by atoms with Gasteiger partial charge >= 0.3 is 0 Å². The van der Waals surface area contributed by atoms with Gasteiger partial charge < -0.3 is 9.73 Å². The molecule has 8 heteroatoms. The zero-order valence-corrected chi connectivity index (χ0v) is 18.9. The molecular weight excluding hydrogens is 414 g/mol. The predicted octanol–water partition coefficient (Wildman–Crippen LogP) is 4.10. The average molecular weight is 446 g/mol. The van der Waals surface area contributed by atoms with E-state index in [9.17, 15) is 13.2 Å². The third-order valence-corrected chi connectivity index (χ3v) is 8.77. The molecule has 1 saturated carbocycles. The van der Waals surface area contributed by atoms with Gasteiger partial charge in [0.05, 0.1) is 5.25 Å². The number of nitrogens with one attached hydrogen (secondary N) is 1. The first kappa shape index (κ1) is 22.0. The first-order chi connectivity index (χ1) is 15.0. The maximum Gasteiger partial charge on any atom is 0.273 e. The quantitative estimate of drug-likeness (QED) is 0.723. The molecule has 0 spiro atoms. The van der Waals surface area contributed by atoms with E-state index in [4.69, 9.17) is 4.42 Å². The lowest BCUT2D eigenvalue weighted by atomic mass is 10.0. The number of benzene rings is 1. The van der Waals surface area contributed by atoms with Gasteiger partial charge in [0.1, 0.15) is 11.8 Å². The van der Waals surface area contributed by atoms with Crippen LogP contribution in [0.25, 0.3) is 0 Å². The molecule has 1 unspecified atom stereocenters. The van der Waals surface area contributed by atoms with Crippen molar-refractivity contribution in [2.45, 2.75) is 76.1 Å². The van der Waals surface area contributed by atoms with E-state index in [-0.39, 0.29) is 16.9 Å². The summed E-state index contributed by atoms with van der Waals surface area (Å²) in [6, 6.07) is 9.22. The summed E-state index contributed by atoms with van der Waals surface area (Å²) in [7, 11) is -3.42. The van der Waals surface area contributed by atoms with Crippen LogP contribution in [0, 0.1) is 6.92 Å². The van der Waals surface area contributed by atoms with E-state index in [0.29, 0.717) is 31.2 Å². The third-order valence-electron chi connectivity index (χ3n) is 6.36. The Morgan fingerprint density at radius 2 is 1.81 bits per heavy atom. The van der Waals surface area contributed by atoms with E-state index in [2.05, 4.69) is 10.3 Å². The second-order valence-corrected chi connectivity index (χ2v) is 10.7. The minimum atomic E-state index is -3.42. The van der Waals surface area contributed by atoms with Crippen molar-refractivity contribution in [1.29, 1.82) is 0 Å². The summed E-state index contributed by atoms with van der Waals surface area (Å²) in [5, 5.41) is 2.56. The summed E-state index contributed by atoms with van der Waals surface area (Å²) in [4.78, 5) is 17.2. The second kappa shape index (κ2) is 9.53. The van der Waals surface area contributed by atoms with Gasteiger partial charge in [0.15, 0.2) is 5.69 Å². The van der Waals surface area contributed by atoms with Crippen LogP contribution in [-0.2, 0) is 16.6 Å². The van der Waals surface area contributed by atoms with Crippen LogP contribution >= 0.6 is 0 Å². The maximum atomic E-state index is 13.4. The van der Waals surface area contributed by atoms with Crippen LogP contribution in [0.1, 0.15) is 85.1 Å². The number of hydrogen-bond acceptors (Lipinski definition) is 5. The number of sulfonamides is 1. The van der Waals surface area contributed by atoms with Gasteiger partial charge in [-0.2, -0.15) is 4.31 Å². The number of carbonyl (C=O) groups excluding carboxylic acids is 1. The van der Waals surface area contributed by atoms with E-state index in [1.807, 2.05) is 30.3 Å². The molecule has 1 saturated heterocycles. The molecule has 1 aliphatic carbocycles. The summed E-state index contributed by atoms with van der Waals surface area (Å²) in [6.45, 7) is 2.59. The van der Waals surface area contributed by atoms with Gasteiger partial charge in [-0.15, -0.1) is 0 Å². The molecule has 2 fully saturated rings. The van der Waals surface area contributed by atoms with Crippen LogP contribution in [0.3, 0.4) is 0 Å². The van der Waals surface area contributed by atoms with Crippen molar-refractivity contribution < 1.29 is 17.6 Å². The number of hydrogen-bond donors (Lipinski definition) is 1. The second-order valence-electron chi connectivity index (χ2n) is 8.55. The lowest BCUT2D eigenvalue weighted by Crippen LogP contribution is -2.44. The van der Waals surface area contributed by atoms with E-state index in [1.165, 1.54) is 0 Å². The lowest BCUT2D eigenvalue weighted by Gasteiger charge is -2.36. The Morgan fingerprint density at radius 3 is 2.55 bits per heavy atom. The van der Waals surface area contributed by atoms with Gasteiger partial charge in [0.2, 0.25) is 15.9 Å². The van der Waals surface area contributed by atoms with Crippen molar-refractivity contribution in [3.05, 3.63) is 53.2 Å². The average Bonchev–Trinajstić information content (AvgIpc) is 3.20. The molecular formula is C23H31N3O4S. The largest absolute Gasteiger partial charge is 0.443 e. The molecule has 7 nitrogen and oxygen atoms in total. The highest BCUT2D eigenvalue weighted by Crippen LogP contribution is 2.37. The van der Waals surface area contributed by atoms with Gasteiger partial charge in [0, 0.05) is 13.1 Å². The van der Waals surface area contributed by atoms with E-state index >= 15 is 0 Å². The van der Waals surface area contributed by atoms with Crippen LogP contribution < -0.4 is 5.32 Å². The van der Waals surface area contributed by atoms with Crippen molar-refractivity contribution >= 4 is 15.9 Å². The fourth-order valence-corrected chi connectivity index (χ4v) is 6.89. The first-order valence-corrected chi connectivity index (χ1v) is 12.8. The zero-order chi connectivity index (χ0) is 21.8. The van der Waals surface area contributed by atoms with Crippen molar-refractivity contribution in [2.24, 2.45) is 0 Å². The molecule has 2 aromatic rings. The Hall–Kier alpha value is -2.19. The predicted molar refractivity (Wildman–Crippen MR) is 118 cm³/mol. The van der Waals surface area contributed by atoms with Gasteiger partial charge in [-0.05, 0) is 38.2 Å². The zero-order valence-electron chi connectivity index (χ0n) is 18.0. The standard InChI is InChI=1S/C23H31N3O4S/c1-17-21(22(27)24-16-18-10-4-2-5-11-18)25-23(30-17)20-14-8-9-15-26(20)31(28,29)19-12-6-3-7-13-19/h2,4-5,10-11,19-20H,3,6-9,12-16H2,1H3,(H,24,27). The molecule has 1 aromatic heterocycles. The molecule has 1 atom stereocenters. The van der Waals surface area contributed by atoms with Crippen molar-refractivity contribution in [3.63, 3.8) is 0 Å². The van der Waals surface area contributed by atoms with Gasteiger partial charge in [-0.3, -0.25) is 4.79 Å². The fourth-order valence-electron chi connectivity index (χ4n) is 4.64. The number of nitrogens with zero attached hydrogens (tertiary/aromatic N) is 2. The van der Waals surface area contributed by atoms with Crippen molar-refractivity contribution in [2.75, 3.05) is 6.54 Å². The number of carbonyl (C=O) groups is 1. The normalized spacial score (nSPS) is 21.1. The van der Waals surface area contributed by atoms with Gasteiger partial charge in [0.25, 0.3) is 5.91 Å². The highest BCUT2D eigenvalue weighted by Gasteiger charge is 2.41. The smallest absolute Gasteiger partial charge is 0.273 e. The summed E-state index contributed by atoms with van der Waals surface area (Å²) < 4.78 is 34.2. The Kier molecular flexibility index (Phi) is 6.77. The molecule has 2 heterocycles. The van der Waals surface area contributed by atoms with Gasteiger partial charge in [-0.25, -0.2) is 13.4 Å². The molecule has 168 valence electrons. The number of rotatable bonds is 6. The van der Waals surface area contributed by atoms with Crippen LogP contribution in [0.4, 0.5) is 0 Å². The molecule has 4 rings (SSSR count). The van der Waals surface area contributed by atoms with Crippen LogP contribution in [0.5, 0.6) is 0 Å². The molecule has 1 aliphatic heterocycles. The van der Waals surface area contributed by atoms with Crippen LogP contribution in [0.15, 0.2) is 34.7 Å². The highest BCUT2D eigenvalue weighted by molar-refractivity contribution is 7.89. The SMILES string of the molecule is Cc1oc(C2CCCCN2S(=O)(=O)C2CCCCC2)nc1C(=O)NCc1ccccc1. The molecule has 1 N–H and O–H groups in total. The lowest BCUT2D eigenvalue weighted by molar-refractivity contribution is 0.0945. The number of piperidine rings is 1. The van der Waals surface area contributed by atoms with E-state index in [0.717, 1.165) is 50.5 Å². The maximum absolute atomic E-state index is 13.4. The molecule has 0 radical (unpaired) electrons. The van der Waals surface area contributed by atoms with Gasteiger partial charge in [-0.1, -0.05) is 56.0 Å². The number of oxazole rings is 1. The summed E-state index contributed by atoms with van der Waals surface area (Å²) in [6.07, 6.45) is 6.91. The van der Waals surface area contributed by atoms with Crippen molar-refractivity contribution in [1.82, 2.24) is 14.6 Å². The molecule has 1 amide bonds. The Labute approximate surface area is 184 Å². The molecule has 0 bridgehead atoms. The van der Waals surface area contributed by atoms with Crippen molar-refractivity contribution in [3.8, 4) is 0 Å². The Morgan fingerprint density at radius 1 is 1.10 bits per heavy atom. The number of aromatic nitrogens is 1. The third kappa shape index (κ3) is 4.85. The molecule has 31 heavy (non-hydrogen) atoms. The summed E-state index contributed by atoms with van der Waals surface area (Å²) >= 11 is 0. The minimum absolute atomic E-state index is 0.228. The number of amides is 1. The van der Waals surface area contributed by atoms with E-state index in [1.54, 1.807) is 11.2 Å². The fraction of sp³-hybridized carbons (Fsp3) is 0.565. The Bertz CT molecular complexity index is 997. The van der Waals surface area contributed by atoms with Crippen LogP contribution in [-0.4, -0.2) is 35.4 Å². The Balaban J connectivity index is 1.52. The highest BCUT2D eigenvalue weighted by atomic mass is 32.2. The summed E-state index contributed by atoms with van der Waals surface area (Å²) in [5.74, 6) is 0.441. The molecule has 2 aliphatic rings. The topological polar surface area (TPSA) is 92.5 Å². The minimum Gasteiger partial charge on any atom is -0.443 e. The van der Waals surface area contributed by atoms with Crippen LogP contribution in [0.2, 0.25) is 0 Å². The van der Waals surface area contributed by atoms with E-state index < -0.39 is 16.1 Å².